The molecule has 1 aliphatic heterocycles. The van der Waals surface area contributed by atoms with Gasteiger partial charge >= 0.3 is 5.97 Å². The Bertz CT molecular complexity index is 862. The fourth-order valence-corrected chi connectivity index (χ4v) is 2.99. The van der Waals surface area contributed by atoms with E-state index in [2.05, 4.69) is 12.2 Å². The van der Waals surface area contributed by atoms with Crippen molar-refractivity contribution in [2.24, 2.45) is 0 Å². The first-order chi connectivity index (χ1) is 14.0. The Balaban J connectivity index is 1.39. The van der Waals surface area contributed by atoms with Crippen LogP contribution < -0.4 is 15.0 Å². The summed E-state index contributed by atoms with van der Waals surface area (Å²) in [5.74, 6) is -0.393. The van der Waals surface area contributed by atoms with Gasteiger partial charge in [-0.3, -0.25) is 9.59 Å². The van der Waals surface area contributed by atoms with Gasteiger partial charge in [0.05, 0.1) is 0 Å². The highest BCUT2D eigenvalue weighted by molar-refractivity contribution is 5.96. The molecule has 29 heavy (non-hydrogen) atoms. The third-order valence-corrected chi connectivity index (χ3v) is 4.59. The maximum Gasteiger partial charge on any atom is 0.344 e. The molecule has 7 nitrogen and oxygen atoms in total. The van der Waals surface area contributed by atoms with E-state index in [1.54, 1.807) is 41.3 Å². The Morgan fingerprint density at radius 2 is 1.76 bits per heavy atom. The summed E-state index contributed by atoms with van der Waals surface area (Å²) in [6, 6.07) is 14.4. The molecule has 1 fully saturated rings. The Kier molecular flexibility index (Phi) is 6.84. The lowest BCUT2D eigenvalue weighted by molar-refractivity contribution is -0.149. The minimum absolute atomic E-state index is 0.109. The van der Waals surface area contributed by atoms with Crippen LogP contribution in [0.3, 0.4) is 0 Å². The summed E-state index contributed by atoms with van der Waals surface area (Å²) in [5, 5.41) is 2.65. The van der Waals surface area contributed by atoms with Crippen LogP contribution in [-0.2, 0) is 25.5 Å². The van der Waals surface area contributed by atoms with Crippen molar-refractivity contribution in [3.05, 3.63) is 54.1 Å². The number of nitrogens with one attached hydrogen (secondary N) is 1. The molecule has 152 valence electrons. The molecule has 0 spiro atoms. The average Bonchev–Trinajstić information content (AvgIpc) is 3.17. The molecule has 1 N–H and O–H groups in total. The maximum atomic E-state index is 12.0. The molecule has 1 heterocycles. The lowest BCUT2D eigenvalue weighted by atomic mass is 10.2. The van der Waals surface area contributed by atoms with E-state index in [0.29, 0.717) is 24.4 Å². The fourth-order valence-electron chi connectivity index (χ4n) is 2.99. The molecule has 2 aromatic carbocycles. The van der Waals surface area contributed by atoms with Gasteiger partial charge in [0, 0.05) is 24.3 Å². The van der Waals surface area contributed by atoms with Gasteiger partial charge in [-0.15, -0.1) is 0 Å². The normalized spacial score (nSPS) is 13.3. The zero-order chi connectivity index (χ0) is 20.6. The molecule has 3 rings (SSSR count). The Hall–Kier alpha value is -3.35. The van der Waals surface area contributed by atoms with Gasteiger partial charge in [0.25, 0.3) is 5.91 Å². The maximum absolute atomic E-state index is 12.0. The van der Waals surface area contributed by atoms with Crippen molar-refractivity contribution in [3.63, 3.8) is 0 Å². The van der Waals surface area contributed by atoms with Crippen molar-refractivity contribution in [2.75, 3.05) is 30.0 Å². The number of rotatable bonds is 8. The minimum Gasteiger partial charge on any atom is -0.482 e. The largest absolute Gasteiger partial charge is 0.482 e. The number of anilines is 2. The highest BCUT2D eigenvalue weighted by Gasteiger charge is 2.21. The molecule has 7 heteroatoms. The van der Waals surface area contributed by atoms with Crippen LogP contribution in [0.25, 0.3) is 0 Å². The average molecular weight is 396 g/mol. The van der Waals surface area contributed by atoms with Gasteiger partial charge in [0.2, 0.25) is 5.91 Å². The number of benzene rings is 2. The van der Waals surface area contributed by atoms with Gasteiger partial charge in [-0.25, -0.2) is 4.79 Å². The molecule has 0 aliphatic carbocycles. The number of ether oxygens (including phenoxy) is 2. The van der Waals surface area contributed by atoms with Crippen molar-refractivity contribution in [1.29, 1.82) is 0 Å². The molecule has 0 bridgehead atoms. The second-order valence-corrected chi connectivity index (χ2v) is 6.69. The van der Waals surface area contributed by atoms with E-state index in [1.165, 1.54) is 5.56 Å². The van der Waals surface area contributed by atoms with Crippen molar-refractivity contribution >= 4 is 29.2 Å². The first-order valence-corrected chi connectivity index (χ1v) is 9.63. The number of esters is 1. The predicted octanol–water partition coefficient (Wildman–Crippen LogP) is 2.94. The quantitative estimate of drug-likeness (QED) is 0.694. The summed E-state index contributed by atoms with van der Waals surface area (Å²) in [6.45, 7) is 2.10. The second-order valence-electron chi connectivity index (χ2n) is 6.69. The van der Waals surface area contributed by atoms with Crippen molar-refractivity contribution < 1.29 is 23.9 Å². The van der Waals surface area contributed by atoms with Gasteiger partial charge in [0.1, 0.15) is 5.75 Å². The second kappa shape index (κ2) is 9.73. The molecule has 2 amide bonds. The smallest absolute Gasteiger partial charge is 0.344 e. The predicted molar refractivity (Wildman–Crippen MR) is 109 cm³/mol. The van der Waals surface area contributed by atoms with E-state index < -0.39 is 18.5 Å². The van der Waals surface area contributed by atoms with Crippen molar-refractivity contribution in [1.82, 2.24) is 0 Å². The molecule has 0 unspecified atom stereocenters. The van der Waals surface area contributed by atoms with E-state index in [1.807, 2.05) is 12.1 Å². The molecule has 0 atom stereocenters. The monoisotopic (exact) mass is 396 g/mol. The summed E-state index contributed by atoms with van der Waals surface area (Å²) in [5.41, 5.74) is 2.55. The molecule has 0 saturated carbocycles. The highest BCUT2D eigenvalue weighted by Crippen LogP contribution is 2.23. The summed E-state index contributed by atoms with van der Waals surface area (Å²) in [4.78, 5) is 37.2. The van der Waals surface area contributed by atoms with E-state index in [-0.39, 0.29) is 12.5 Å². The molecule has 1 saturated heterocycles. The van der Waals surface area contributed by atoms with Crippen molar-refractivity contribution in [2.45, 2.75) is 26.2 Å². The van der Waals surface area contributed by atoms with Crippen LogP contribution in [0.5, 0.6) is 5.75 Å². The first-order valence-electron chi connectivity index (χ1n) is 9.63. The van der Waals surface area contributed by atoms with E-state index >= 15 is 0 Å². The van der Waals surface area contributed by atoms with Crippen LogP contribution in [-0.4, -0.2) is 37.5 Å². The molecule has 2 aromatic rings. The highest BCUT2D eigenvalue weighted by atomic mass is 16.6. The third kappa shape index (κ3) is 5.81. The molecular weight excluding hydrogens is 372 g/mol. The topological polar surface area (TPSA) is 84.9 Å². The Labute approximate surface area is 169 Å². The van der Waals surface area contributed by atoms with Crippen LogP contribution in [0.2, 0.25) is 0 Å². The summed E-state index contributed by atoms with van der Waals surface area (Å²) < 4.78 is 10.3. The van der Waals surface area contributed by atoms with Crippen LogP contribution in [0, 0.1) is 0 Å². The number of hydrogen-bond donors (Lipinski definition) is 1. The van der Waals surface area contributed by atoms with Gasteiger partial charge in [-0.1, -0.05) is 19.1 Å². The first kappa shape index (κ1) is 20.4. The number of nitrogens with zero attached hydrogens (tertiary/aromatic N) is 1. The number of amides is 2. The van der Waals surface area contributed by atoms with Crippen LogP contribution >= 0.6 is 0 Å². The van der Waals surface area contributed by atoms with Gasteiger partial charge in [-0.05, 0) is 54.8 Å². The lowest BCUT2D eigenvalue weighted by Gasteiger charge is -2.16. The van der Waals surface area contributed by atoms with Crippen molar-refractivity contribution in [3.8, 4) is 5.75 Å². The standard InChI is InChI=1S/C22H24N2O5/c1-2-16-5-11-19(12-6-16)28-15-22(27)29-14-20(25)23-17-7-9-18(10-8-17)24-13-3-4-21(24)26/h5-12H,2-4,13-15H2,1H3,(H,23,25). The number of aryl methyl sites for hydroxylation is 1. The van der Waals surface area contributed by atoms with E-state index in [9.17, 15) is 14.4 Å². The van der Waals surface area contributed by atoms with E-state index in [0.717, 1.165) is 18.5 Å². The van der Waals surface area contributed by atoms with Gasteiger partial charge in [0.15, 0.2) is 13.2 Å². The minimum atomic E-state index is -0.623. The number of carbonyl (C=O) groups is 3. The Morgan fingerprint density at radius 3 is 2.38 bits per heavy atom. The van der Waals surface area contributed by atoms with Crippen LogP contribution in [0.4, 0.5) is 11.4 Å². The lowest BCUT2D eigenvalue weighted by Crippen LogP contribution is -2.24. The number of hydrogen-bond acceptors (Lipinski definition) is 5. The van der Waals surface area contributed by atoms with E-state index in [4.69, 9.17) is 9.47 Å². The zero-order valence-corrected chi connectivity index (χ0v) is 16.3. The fraction of sp³-hybridized carbons (Fsp3) is 0.318. The van der Waals surface area contributed by atoms with Crippen LogP contribution in [0.15, 0.2) is 48.5 Å². The van der Waals surface area contributed by atoms with Gasteiger partial charge in [-0.2, -0.15) is 0 Å². The molecular formula is C22H24N2O5. The third-order valence-electron chi connectivity index (χ3n) is 4.59. The summed E-state index contributed by atoms with van der Waals surface area (Å²) >= 11 is 0. The SMILES string of the molecule is CCc1ccc(OCC(=O)OCC(=O)Nc2ccc(N3CCCC3=O)cc2)cc1. The van der Waals surface area contributed by atoms with Crippen LogP contribution in [0.1, 0.15) is 25.3 Å². The zero-order valence-electron chi connectivity index (χ0n) is 16.3. The summed E-state index contributed by atoms with van der Waals surface area (Å²) in [6.07, 6.45) is 2.35. The number of carbonyl (C=O) groups excluding carboxylic acids is 3. The molecule has 1 aliphatic rings. The summed E-state index contributed by atoms with van der Waals surface area (Å²) in [7, 11) is 0. The molecule has 0 radical (unpaired) electrons. The Morgan fingerprint density at radius 1 is 1.03 bits per heavy atom. The molecule has 0 aromatic heterocycles. The van der Waals surface area contributed by atoms with Gasteiger partial charge < -0.3 is 19.7 Å².